The number of rotatable bonds is 6. The Morgan fingerprint density at radius 2 is 1.72 bits per heavy atom. The van der Waals surface area contributed by atoms with E-state index in [1.54, 1.807) is 41.4 Å². The van der Waals surface area contributed by atoms with Gasteiger partial charge in [-0.15, -0.1) is 0 Å². The lowest BCUT2D eigenvalue weighted by atomic mass is 10.0. The molecule has 0 saturated heterocycles. The predicted molar refractivity (Wildman–Crippen MR) is 116 cm³/mol. The molecule has 1 aromatic heterocycles. The quantitative estimate of drug-likeness (QED) is 0.601. The van der Waals surface area contributed by atoms with Gasteiger partial charge in [0.25, 0.3) is 11.5 Å². The van der Waals surface area contributed by atoms with Gasteiger partial charge >= 0.3 is 0 Å². The summed E-state index contributed by atoms with van der Waals surface area (Å²) in [6.45, 7) is 4.63. The maximum atomic E-state index is 13.5. The van der Waals surface area contributed by atoms with Crippen molar-refractivity contribution in [2.45, 2.75) is 20.4 Å². The number of hydrogen-bond acceptors (Lipinski definition) is 4. The van der Waals surface area contributed by atoms with Crippen LogP contribution in [0, 0.1) is 0 Å². The second-order valence-electron chi connectivity index (χ2n) is 6.42. The van der Waals surface area contributed by atoms with E-state index in [9.17, 15) is 9.59 Å². The van der Waals surface area contributed by atoms with Crippen molar-refractivity contribution in [3.63, 3.8) is 0 Å². The van der Waals surface area contributed by atoms with Gasteiger partial charge in [0.15, 0.2) is 11.5 Å². The van der Waals surface area contributed by atoms with Gasteiger partial charge in [-0.1, -0.05) is 17.7 Å². The standard InChI is InChI=1S/C22H23ClN2O4/c1-5-24-13-18(22(27)25(6-2)15-9-7-8-14(23)10-15)16-11-19(28-3)20(29-4)12-17(16)21(24)26/h7-13H,5-6H2,1-4H3. The van der Waals surface area contributed by atoms with E-state index >= 15 is 0 Å². The average molecular weight is 415 g/mol. The van der Waals surface area contributed by atoms with Crippen molar-refractivity contribution in [3.8, 4) is 11.5 Å². The van der Waals surface area contributed by atoms with Gasteiger partial charge in [-0.3, -0.25) is 9.59 Å². The second-order valence-corrected chi connectivity index (χ2v) is 6.85. The average Bonchev–Trinajstić information content (AvgIpc) is 2.73. The molecule has 3 aromatic rings. The summed E-state index contributed by atoms with van der Waals surface area (Å²) in [6, 6.07) is 10.4. The van der Waals surface area contributed by atoms with Crippen LogP contribution in [-0.2, 0) is 6.54 Å². The van der Waals surface area contributed by atoms with Crippen LogP contribution in [0.15, 0.2) is 47.4 Å². The van der Waals surface area contributed by atoms with Crippen molar-refractivity contribution < 1.29 is 14.3 Å². The van der Waals surface area contributed by atoms with E-state index in [2.05, 4.69) is 0 Å². The van der Waals surface area contributed by atoms with Gasteiger partial charge in [0.05, 0.1) is 25.2 Å². The highest BCUT2D eigenvalue weighted by atomic mass is 35.5. The van der Waals surface area contributed by atoms with E-state index in [1.807, 2.05) is 19.9 Å². The maximum Gasteiger partial charge on any atom is 0.260 e. The molecule has 0 aliphatic heterocycles. The Hall–Kier alpha value is -2.99. The molecule has 29 heavy (non-hydrogen) atoms. The smallest absolute Gasteiger partial charge is 0.260 e. The van der Waals surface area contributed by atoms with Gasteiger partial charge < -0.3 is 18.9 Å². The molecule has 1 heterocycles. The number of methoxy groups -OCH3 is 2. The van der Waals surface area contributed by atoms with E-state index in [1.165, 1.54) is 18.8 Å². The van der Waals surface area contributed by atoms with Crippen LogP contribution >= 0.6 is 11.6 Å². The van der Waals surface area contributed by atoms with E-state index in [-0.39, 0.29) is 11.5 Å². The van der Waals surface area contributed by atoms with Gasteiger partial charge in [0, 0.05) is 35.4 Å². The summed E-state index contributed by atoms with van der Waals surface area (Å²) in [6.07, 6.45) is 1.60. The van der Waals surface area contributed by atoms with Crippen LogP contribution in [0.3, 0.4) is 0 Å². The van der Waals surface area contributed by atoms with Crippen molar-refractivity contribution >= 4 is 34.0 Å². The van der Waals surface area contributed by atoms with E-state index in [0.717, 1.165) is 0 Å². The summed E-state index contributed by atoms with van der Waals surface area (Å²) in [5, 5.41) is 1.46. The number of fused-ring (bicyclic) bond motifs is 1. The lowest BCUT2D eigenvalue weighted by molar-refractivity contribution is 0.0989. The van der Waals surface area contributed by atoms with E-state index in [4.69, 9.17) is 21.1 Å². The minimum atomic E-state index is -0.228. The van der Waals surface area contributed by atoms with Crippen LogP contribution in [0.4, 0.5) is 5.69 Å². The third-order valence-electron chi connectivity index (χ3n) is 4.84. The highest BCUT2D eigenvalue weighted by molar-refractivity contribution is 6.31. The maximum absolute atomic E-state index is 13.5. The molecule has 0 fully saturated rings. The lowest BCUT2D eigenvalue weighted by Gasteiger charge is -2.23. The molecule has 1 amide bonds. The molecular weight excluding hydrogens is 392 g/mol. The van der Waals surface area contributed by atoms with Crippen molar-refractivity contribution in [3.05, 3.63) is 63.5 Å². The van der Waals surface area contributed by atoms with Gasteiger partial charge in [-0.05, 0) is 44.2 Å². The van der Waals surface area contributed by atoms with Gasteiger partial charge in [-0.2, -0.15) is 0 Å². The Labute approximate surface area is 174 Å². The molecule has 0 bridgehead atoms. The van der Waals surface area contributed by atoms with Crippen LogP contribution < -0.4 is 19.9 Å². The molecular formula is C22H23ClN2O4. The Bertz CT molecular complexity index is 1120. The van der Waals surface area contributed by atoms with Crippen molar-refractivity contribution in [1.82, 2.24) is 4.57 Å². The molecule has 152 valence electrons. The molecule has 7 heteroatoms. The molecule has 0 atom stereocenters. The van der Waals surface area contributed by atoms with E-state index < -0.39 is 0 Å². The molecule has 2 aromatic carbocycles. The van der Waals surface area contributed by atoms with Gasteiger partial charge in [0.1, 0.15) is 0 Å². The van der Waals surface area contributed by atoms with Crippen molar-refractivity contribution in [2.75, 3.05) is 25.7 Å². The molecule has 0 aliphatic carbocycles. The number of carbonyl (C=O) groups is 1. The zero-order valence-corrected chi connectivity index (χ0v) is 17.6. The number of amides is 1. The third-order valence-corrected chi connectivity index (χ3v) is 5.08. The summed E-state index contributed by atoms with van der Waals surface area (Å²) in [4.78, 5) is 28.0. The second kappa shape index (κ2) is 8.57. The number of hydrogen-bond donors (Lipinski definition) is 0. The van der Waals surface area contributed by atoms with Crippen LogP contribution in [0.25, 0.3) is 10.8 Å². The Morgan fingerprint density at radius 1 is 1.07 bits per heavy atom. The number of ether oxygens (including phenoxy) is 2. The molecule has 0 aliphatic rings. The first-order valence-corrected chi connectivity index (χ1v) is 9.69. The topological polar surface area (TPSA) is 60.8 Å². The summed E-state index contributed by atoms with van der Waals surface area (Å²) >= 11 is 6.12. The molecule has 0 N–H and O–H groups in total. The number of benzene rings is 2. The zero-order chi connectivity index (χ0) is 21.1. The number of carbonyl (C=O) groups excluding carboxylic acids is 1. The molecule has 0 saturated carbocycles. The number of aromatic nitrogens is 1. The lowest BCUT2D eigenvalue weighted by Crippen LogP contribution is -2.32. The summed E-state index contributed by atoms with van der Waals surface area (Å²) in [5.74, 6) is 0.661. The number of anilines is 1. The number of aryl methyl sites for hydroxylation is 1. The third kappa shape index (κ3) is 3.80. The fourth-order valence-corrected chi connectivity index (χ4v) is 3.54. The van der Waals surface area contributed by atoms with Gasteiger partial charge in [0.2, 0.25) is 0 Å². The summed E-state index contributed by atoms with van der Waals surface area (Å²) < 4.78 is 12.2. The van der Waals surface area contributed by atoms with Gasteiger partial charge in [-0.25, -0.2) is 0 Å². The highest BCUT2D eigenvalue weighted by Crippen LogP contribution is 2.33. The first kappa shape index (κ1) is 20.7. The fourth-order valence-electron chi connectivity index (χ4n) is 3.36. The Morgan fingerprint density at radius 3 is 2.28 bits per heavy atom. The number of halogens is 1. The number of pyridine rings is 1. The normalized spacial score (nSPS) is 10.8. The van der Waals surface area contributed by atoms with Crippen molar-refractivity contribution in [2.24, 2.45) is 0 Å². The van der Waals surface area contributed by atoms with Crippen LogP contribution in [0.1, 0.15) is 24.2 Å². The predicted octanol–water partition coefficient (Wildman–Crippen LogP) is 4.36. The van der Waals surface area contributed by atoms with E-state index in [0.29, 0.717) is 51.6 Å². The zero-order valence-electron chi connectivity index (χ0n) is 16.9. The monoisotopic (exact) mass is 414 g/mol. The van der Waals surface area contributed by atoms with Crippen LogP contribution in [0.5, 0.6) is 11.5 Å². The minimum absolute atomic E-state index is 0.189. The molecule has 6 nitrogen and oxygen atoms in total. The van der Waals surface area contributed by atoms with Crippen LogP contribution in [0.2, 0.25) is 5.02 Å². The Kier molecular flexibility index (Phi) is 6.13. The molecule has 3 rings (SSSR count). The fraction of sp³-hybridized carbons (Fsp3) is 0.273. The van der Waals surface area contributed by atoms with Crippen LogP contribution in [-0.4, -0.2) is 31.2 Å². The molecule has 0 unspecified atom stereocenters. The molecule has 0 spiro atoms. The summed E-state index contributed by atoms with van der Waals surface area (Å²) in [5.41, 5.74) is 0.905. The van der Waals surface area contributed by atoms with Crippen molar-refractivity contribution in [1.29, 1.82) is 0 Å². The first-order valence-electron chi connectivity index (χ1n) is 9.31. The molecule has 0 radical (unpaired) electrons. The Balaban J connectivity index is 2.28. The largest absolute Gasteiger partial charge is 0.493 e. The minimum Gasteiger partial charge on any atom is -0.493 e. The summed E-state index contributed by atoms with van der Waals surface area (Å²) in [7, 11) is 3.03. The highest BCUT2D eigenvalue weighted by Gasteiger charge is 2.22. The number of nitrogens with zero attached hydrogens (tertiary/aromatic N) is 2. The SMILES string of the molecule is CCN(C(=O)c1cn(CC)c(=O)c2cc(OC)c(OC)cc12)c1cccc(Cl)c1. The first-order chi connectivity index (χ1) is 13.9.